The first-order chi connectivity index (χ1) is 15.1. The number of fused-ring (bicyclic) bond motifs is 5. The van der Waals surface area contributed by atoms with Crippen LogP contribution in [0.25, 0.3) is 17.1 Å². The number of hydrogen-bond acceptors (Lipinski definition) is 4. The van der Waals surface area contributed by atoms with E-state index >= 15 is 0 Å². The average Bonchev–Trinajstić information content (AvgIpc) is 3.30. The molecule has 0 saturated heterocycles. The summed E-state index contributed by atoms with van der Waals surface area (Å²) in [5.74, 6) is 1.57. The molecule has 2 aromatic heterocycles. The smallest absolute Gasteiger partial charge is 0.166 e. The second-order valence-electron chi connectivity index (χ2n) is 7.61. The second-order valence-corrected chi connectivity index (χ2v) is 8.48. The molecule has 0 spiro atoms. The van der Waals surface area contributed by atoms with E-state index in [1.54, 1.807) is 7.11 Å². The van der Waals surface area contributed by atoms with Crippen LogP contribution in [0.15, 0.2) is 48.8 Å². The molecule has 1 aliphatic heterocycles. The number of methoxy groups -OCH3 is 1. The first kappa shape index (κ1) is 20.2. The van der Waals surface area contributed by atoms with Crippen molar-refractivity contribution in [3.63, 3.8) is 0 Å². The maximum Gasteiger partial charge on any atom is 0.166 e. The van der Waals surface area contributed by atoms with Gasteiger partial charge in [-0.15, -0.1) is 10.2 Å². The van der Waals surface area contributed by atoms with Crippen LogP contribution < -0.4 is 0 Å². The molecule has 0 unspecified atom stereocenters. The Morgan fingerprint density at radius 1 is 1.03 bits per heavy atom. The summed E-state index contributed by atoms with van der Waals surface area (Å²) in [6.45, 7) is 1.01. The van der Waals surface area contributed by atoms with Crippen LogP contribution in [0.5, 0.6) is 0 Å². The van der Waals surface area contributed by atoms with Gasteiger partial charge >= 0.3 is 0 Å². The van der Waals surface area contributed by atoms with Crippen LogP contribution in [0.4, 0.5) is 0 Å². The molecule has 0 radical (unpaired) electrons. The summed E-state index contributed by atoms with van der Waals surface area (Å²) < 4.78 is 9.59. The number of aromatic nitrogens is 5. The van der Waals surface area contributed by atoms with Gasteiger partial charge < -0.3 is 13.9 Å². The monoisotopic (exact) mass is 453 g/mol. The number of halogens is 2. The number of imidazole rings is 1. The van der Waals surface area contributed by atoms with Gasteiger partial charge in [0.05, 0.1) is 29.9 Å². The Bertz CT molecular complexity index is 1250. The highest BCUT2D eigenvalue weighted by Crippen LogP contribution is 2.34. The fourth-order valence-corrected chi connectivity index (χ4v) is 4.52. The Morgan fingerprint density at radius 2 is 1.90 bits per heavy atom. The molecule has 0 aliphatic carbocycles. The van der Waals surface area contributed by atoms with E-state index in [9.17, 15) is 0 Å². The zero-order valence-corrected chi connectivity index (χ0v) is 18.6. The lowest BCUT2D eigenvalue weighted by molar-refractivity contribution is 0.174. The van der Waals surface area contributed by atoms with Crippen LogP contribution >= 0.6 is 23.2 Å². The number of hydrogen-bond donors (Lipinski definition) is 0. The summed E-state index contributed by atoms with van der Waals surface area (Å²) in [6.07, 6.45) is 4.70. The topological polar surface area (TPSA) is 57.8 Å². The lowest BCUT2D eigenvalue weighted by Crippen LogP contribution is -2.10. The van der Waals surface area contributed by atoms with Gasteiger partial charge in [0.15, 0.2) is 11.6 Å². The van der Waals surface area contributed by atoms with E-state index in [2.05, 4.69) is 25.4 Å². The van der Waals surface area contributed by atoms with E-state index in [4.69, 9.17) is 32.9 Å². The number of benzene rings is 2. The number of nitrogens with zero attached hydrogens (tertiary/aromatic N) is 5. The fourth-order valence-electron chi connectivity index (χ4n) is 4.13. The molecule has 2 aromatic carbocycles. The van der Waals surface area contributed by atoms with E-state index in [0.29, 0.717) is 18.2 Å². The standard InChI is InChI=1S/C23H21Cl2N5O/c1-31-13-22-27-28-23-18-11-17(25)8-9-20(18)30-14-26-19(21(30)12-29(22)23)7-3-5-15-4-2-6-16(24)10-15/h2,4,6,8-11,14H,3,5,7,12-13H2,1H3. The minimum absolute atomic E-state index is 0.390. The highest BCUT2D eigenvalue weighted by atomic mass is 35.5. The zero-order chi connectivity index (χ0) is 21.4. The van der Waals surface area contributed by atoms with E-state index in [0.717, 1.165) is 58.6 Å². The largest absolute Gasteiger partial charge is 0.377 e. The normalized spacial score (nSPS) is 12.2. The summed E-state index contributed by atoms with van der Waals surface area (Å²) in [5, 5.41) is 10.2. The van der Waals surface area contributed by atoms with Crippen molar-refractivity contribution in [3.8, 4) is 17.1 Å². The van der Waals surface area contributed by atoms with Crippen molar-refractivity contribution in [2.75, 3.05) is 7.11 Å². The Morgan fingerprint density at radius 3 is 2.74 bits per heavy atom. The highest BCUT2D eigenvalue weighted by Gasteiger charge is 2.25. The zero-order valence-electron chi connectivity index (χ0n) is 17.1. The Balaban J connectivity index is 1.50. The molecular formula is C23H21Cl2N5O. The van der Waals surface area contributed by atoms with E-state index in [1.165, 1.54) is 5.56 Å². The van der Waals surface area contributed by atoms with Crippen molar-refractivity contribution in [3.05, 3.63) is 81.6 Å². The summed E-state index contributed by atoms with van der Waals surface area (Å²) in [7, 11) is 1.66. The maximum atomic E-state index is 6.32. The minimum Gasteiger partial charge on any atom is -0.377 e. The summed E-state index contributed by atoms with van der Waals surface area (Å²) in [6, 6.07) is 13.9. The van der Waals surface area contributed by atoms with E-state index < -0.39 is 0 Å². The number of ether oxygens (including phenoxy) is 1. The van der Waals surface area contributed by atoms with Crippen molar-refractivity contribution < 1.29 is 4.74 Å². The molecule has 0 amide bonds. The summed E-state index contributed by atoms with van der Waals surface area (Å²) in [4.78, 5) is 4.76. The minimum atomic E-state index is 0.390. The van der Waals surface area contributed by atoms with Gasteiger partial charge in [-0.1, -0.05) is 35.3 Å². The quantitative estimate of drug-likeness (QED) is 0.357. The molecule has 8 heteroatoms. The second kappa shape index (κ2) is 8.46. The van der Waals surface area contributed by atoms with Gasteiger partial charge in [-0.3, -0.25) is 0 Å². The Hall–Kier alpha value is -2.67. The third-order valence-corrected chi connectivity index (χ3v) is 6.06. The molecule has 5 rings (SSSR count). The lowest BCUT2D eigenvalue weighted by Gasteiger charge is -2.10. The van der Waals surface area contributed by atoms with E-state index in [1.807, 2.05) is 42.7 Å². The molecule has 0 saturated carbocycles. The van der Waals surface area contributed by atoms with Crippen molar-refractivity contribution in [2.24, 2.45) is 0 Å². The third-order valence-electron chi connectivity index (χ3n) is 5.59. The Labute approximate surface area is 190 Å². The third kappa shape index (κ3) is 3.87. The number of aryl methyl sites for hydroxylation is 2. The van der Waals surface area contributed by atoms with Gasteiger partial charge in [-0.05, 0) is 55.2 Å². The first-order valence-corrected chi connectivity index (χ1v) is 10.9. The van der Waals surface area contributed by atoms with Gasteiger partial charge in [0.2, 0.25) is 0 Å². The molecular weight excluding hydrogens is 433 g/mol. The van der Waals surface area contributed by atoms with E-state index in [-0.39, 0.29) is 0 Å². The molecule has 0 bridgehead atoms. The van der Waals surface area contributed by atoms with Gasteiger partial charge in [0, 0.05) is 22.7 Å². The van der Waals surface area contributed by atoms with Gasteiger partial charge in [0.1, 0.15) is 6.61 Å². The van der Waals surface area contributed by atoms with Crippen molar-refractivity contribution >= 4 is 23.2 Å². The molecule has 6 nitrogen and oxygen atoms in total. The molecule has 0 N–H and O–H groups in total. The van der Waals surface area contributed by atoms with Gasteiger partial charge in [-0.25, -0.2) is 4.98 Å². The average molecular weight is 454 g/mol. The summed E-state index contributed by atoms with van der Waals surface area (Å²) >= 11 is 12.4. The predicted octanol–water partition coefficient (Wildman–Crippen LogP) is 5.12. The molecule has 0 atom stereocenters. The number of rotatable bonds is 6. The van der Waals surface area contributed by atoms with Crippen LogP contribution in [0, 0.1) is 0 Å². The highest BCUT2D eigenvalue weighted by molar-refractivity contribution is 6.31. The van der Waals surface area contributed by atoms with Crippen molar-refractivity contribution in [1.82, 2.24) is 24.3 Å². The molecule has 0 fully saturated rings. The lowest BCUT2D eigenvalue weighted by atomic mass is 10.1. The Kier molecular flexibility index (Phi) is 5.52. The van der Waals surface area contributed by atoms with Crippen LogP contribution in [0.3, 0.4) is 0 Å². The van der Waals surface area contributed by atoms with Crippen molar-refractivity contribution in [1.29, 1.82) is 0 Å². The molecule has 158 valence electrons. The van der Waals surface area contributed by atoms with Gasteiger partial charge in [0.25, 0.3) is 0 Å². The molecule has 31 heavy (non-hydrogen) atoms. The van der Waals surface area contributed by atoms with Crippen molar-refractivity contribution in [2.45, 2.75) is 32.4 Å². The molecule has 3 heterocycles. The fraction of sp³-hybridized carbons (Fsp3) is 0.261. The first-order valence-electron chi connectivity index (χ1n) is 10.1. The molecule has 1 aliphatic rings. The van der Waals surface area contributed by atoms with Crippen LogP contribution in [-0.2, 0) is 30.7 Å². The predicted molar refractivity (Wildman–Crippen MR) is 121 cm³/mol. The molecule has 4 aromatic rings. The maximum absolute atomic E-state index is 6.32. The van der Waals surface area contributed by atoms with Gasteiger partial charge in [-0.2, -0.15) is 0 Å². The summed E-state index contributed by atoms with van der Waals surface area (Å²) in [5.41, 5.74) is 5.38. The SMILES string of the molecule is COCc1nnc2n1Cc1c(CCCc3cccc(Cl)c3)ncn1-c1ccc(Cl)cc1-2. The van der Waals surface area contributed by atoms with Crippen LogP contribution in [0.1, 0.15) is 29.2 Å². The van der Waals surface area contributed by atoms with Crippen LogP contribution in [0.2, 0.25) is 10.0 Å². The van der Waals surface area contributed by atoms with Crippen LogP contribution in [-0.4, -0.2) is 31.4 Å².